The summed E-state index contributed by atoms with van der Waals surface area (Å²) in [5.74, 6) is 1.99. The van der Waals surface area contributed by atoms with Crippen LogP contribution in [0.15, 0.2) is 16.5 Å². The zero-order valence-electron chi connectivity index (χ0n) is 14.0. The number of furan rings is 1. The highest BCUT2D eigenvalue weighted by atomic mass is 16.5. The molecule has 6 nitrogen and oxygen atoms in total. The van der Waals surface area contributed by atoms with Crippen molar-refractivity contribution in [2.45, 2.75) is 51.1 Å². The summed E-state index contributed by atoms with van der Waals surface area (Å²) in [5.41, 5.74) is 0. The molecule has 0 spiro atoms. The number of hydrogen-bond acceptors (Lipinski definition) is 4. The van der Waals surface area contributed by atoms with E-state index in [4.69, 9.17) is 14.3 Å². The SMILES string of the molecule is CCc1ccc(C(COC)NC(=O)NC2CCC(CO)CC2)o1. The molecule has 1 aliphatic carbocycles. The van der Waals surface area contributed by atoms with Crippen molar-refractivity contribution in [1.82, 2.24) is 10.6 Å². The van der Waals surface area contributed by atoms with Gasteiger partial charge in [0.15, 0.2) is 0 Å². The van der Waals surface area contributed by atoms with Gasteiger partial charge in [0.1, 0.15) is 17.6 Å². The van der Waals surface area contributed by atoms with Crippen LogP contribution in [-0.4, -0.2) is 37.5 Å². The van der Waals surface area contributed by atoms with Gasteiger partial charge in [-0.05, 0) is 43.7 Å². The first-order chi connectivity index (χ1) is 11.2. The van der Waals surface area contributed by atoms with Crippen LogP contribution >= 0.6 is 0 Å². The summed E-state index contributed by atoms with van der Waals surface area (Å²) in [6.45, 7) is 2.63. The Balaban J connectivity index is 1.85. The largest absolute Gasteiger partial charge is 0.464 e. The molecule has 1 aliphatic rings. The van der Waals surface area contributed by atoms with Gasteiger partial charge in [0, 0.05) is 26.2 Å². The van der Waals surface area contributed by atoms with E-state index in [-0.39, 0.29) is 24.7 Å². The lowest BCUT2D eigenvalue weighted by molar-refractivity contribution is 0.152. The summed E-state index contributed by atoms with van der Waals surface area (Å²) >= 11 is 0. The normalized spacial score (nSPS) is 22.6. The second-order valence-corrected chi connectivity index (χ2v) is 6.18. The van der Waals surface area contributed by atoms with Crippen LogP contribution in [0.1, 0.15) is 50.2 Å². The number of hydrogen-bond donors (Lipinski definition) is 3. The maximum Gasteiger partial charge on any atom is 0.315 e. The summed E-state index contributed by atoms with van der Waals surface area (Å²) in [6.07, 6.45) is 4.56. The third-order valence-electron chi connectivity index (χ3n) is 4.45. The van der Waals surface area contributed by atoms with Gasteiger partial charge in [-0.15, -0.1) is 0 Å². The van der Waals surface area contributed by atoms with Crippen molar-refractivity contribution in [2.75, 3.05) is 20.3 Å². The van der Waals surface area contributed by atoms with E-state index in [9.17, 15) is 4.79 Å². The van der Waals surface area contributed by atoms with Crippen molar-refractivity contribution in [3.63, 3.8) is 0 Å². The van der Waals surface area contributed by atoms with E-state index >= 15 is 0 Å². The molecule has 6 heteroatoms. The van der Waals surface area contributed by atoms with E-state index in [0.29, 0.717) is 18.3 Å². The average molecular weight is 324 g/mol. The lowest BCUT2D eigenvalue weighted by Crippen LogP contribution is -2.45. The number of aliphatic hydroxyl groups excluding tert-OH is 1. The Hall–Kier alpha value is -1.53. The summed E-state index contributed by atoms with van der Waals surface area (Å²) < 4.78 is 10.9. The van der Waals surface area contributed by atoms with E-state index in [1.165, 1.54) is 0 Å². The lowest BCUT2D eigenvalue weighted by Gasteiger charge is -2.28. The molecule has 1 aromatic heterocycles. The Labute approximate surface area is 137 Å². The second-order valence-electron chi connectivity index (χ2n) is 6.18. The number of nitrogens with one attached hydrogen (secondary N) is 2. The molecule has 2 rings (SSSR count). The summed E-state index contributed by atoms with van der Waals surface area (Å²) in [6, 6.07) is 3.48. The fourth-order valence-electron chi connectivity index (χ4n) is 3.01. The standard InChI is InChI=1S/C17H28N2O4/c1-3-14-8-9-16(23-14)15(11-22-2)19-17(21)18-13-6-4-12(10-20)5-7-13/h8-9,12-13,15,20H,3-7,10-11H2,1-2H3,(H2,18,19,21). The molecule has 1 atom stereocenters. The number of rotatable bonds is 7. The van der Waals surface area contributed by atoms with Crippen LogP contribution < -0.4 is 10.6 Å². The maximum atomic E-state index is 12.2. The fourth-order valence-corrected chi connectivity index (χ4v) is 3.01. The van der Waals surface area contributed by atoms with Gasteiger partial charge in [-0.25, -0.2) is 4.79 Å². The first-order valence-corrected chi connectivity index (χ1v) is 8.41. The minimum atomic E-state index is -0.297. The molecule has 2 amide bonds. The highest BCUT2D eigenvalue weighted by molar-refractivity contribution is 5.74. The first kappa shape index (κ1) is 17.8. The molecule has 3 N–H and O–H groups in total. The number of carbonyl (C=O) groups is 1. The number of methoxy groups -OCH3 is 1. The third-order valence-corrected chi connectivity index (χ3v) is 4.45. The van der Waals surface area contributed by atoms with Crippen molar-refractivity contribution in [2.24, 2.45) is 5.92 Å². The van der Waals surface area contributed by atoms with Crippen molar-refractivity contribution in [1.29, 1.82) is 0 Å². The molecule has 23 heavy (non-hydrogen) atoms. The van der Waals surface area contributed by atoms with Gasteiger partial charge in [-0.2, -0.15) is 0 Å². The topological polar surface area (TPSA) is 83.7 Å². The molecule has 0 saturated heterocycles. The Morgan fingerprint density at radius 1 is 1.39 bits per heavy atom. The zero-order valence-corrected chi connectivity index (χ0v) is 14.0. The van der Waals surface area contributed by atoms with Crippen LogP contribution in [0, 0.1) is 5.92 Å². The molecule has 0 aliphatic heterocycles. The Bertz CT molecular complexity index is 481. The van der Waals surface area contributed by atoms with E-state index < -0.39 is 0 Å². The van der Waals surface area contributed by atoms with Gasteiger partial charge in [0.25, 0.3) is 0 Å². The summed E-state index contributed by atoms with van der Waals surface area (Å²) in [5, 5.41) is 15.1. The molecule has 0 radical (unpaired) electrons. The molecule has 0 aromatic carbocycles. The monoisotopic (exact) mass is 324 g/mol. The van der Waals surface area contributed by atoms with Gasteiger partial charge in [0.2, 0.25) is 0 Å². The van der Waals surface area contributed by atoms with Crippen LogP contribution in [0.3, 0.4) is 0 Å². The van der Waals surface area contributed by atoms with Gasteiger partial charge in [0.05, 0.1) is 6.61 Å². The Morgan fingerprint density at radius 2 is 2.13 bits per heavy atom. The molecular formula is C17H28N2O4. The average Bonchev–Trinajstić information content (AvgIpc) is 3.04. The Kier molecular flexibility index (Phi) is 6.92. The molecular weight excluding hydrogens is 296 g/mol. The first-order valence-electron chi connectivity index (χ1n) is 8.41. The van der Waals surface area contributed by atoms with E-state index in [2.05, 4.69) is 10.6 Å². The number of aryl methyl sites for hydroxylation is 1. The van der Waals surface area contributed by atoms with Crippen LogP contribution in [0.5, 0.6) is 0 Å². The van der Waals surface area contributed by atoms with Gasteiger partial charge >= 0.3 is 6.03 Å². The molecule has 130 valence electrons. The van der Waals surface area contributed by atoms with Crippen LogP contribution in [0.2, 0.25) is 0 Å². The summed E-state index contributed by atoms with van der Waals surface area (Å²) in [4.78, 5) is 12.2. The zero-order chi connectivity index (χ0) is 16.7. The molecule has 1 fully saturated rings. The number of amides is 2. The molecule has 1 heterocycles. The maximum absolute atomic E-state index is 12.2. The quantitative estimate of drug-likeness (QED) is 0.719. The Morgan fingerprint density at radius 3 is 2.70 bits per heavy atom. The van der Waals surface area contributed by atoms with Crippen LogP contribution in [0.25, 0.3) is 0 Å². The van der Waals surface area contributed by atoms with E-state index in [1.54, 1.807) is 7.11 Å². The van der Waals surface area contributed by atoms with Crippen molar-refractivity contribution in [3.05, 3.63) is 23.7 Å². The van der Waals surface area contributed by atoms with E-state index in [1.807, 2.05) is 19.1 Å². The highest BCUT2D eigenvalue weighted by Crippen LogP contribution is 2.24. The van der Waals surface area contributed by atoms with Crippen LogP contribution in [-0.2, 0) is 11.2 Å². The van der Waals surface area contributed by atoms with Crippen molar-refractivity contribution in [3.8, 4) is 0 Å². The molecule has 1 saturated carbocycles. The predicted octanol–water partition coefficient (Wildman–Crippen LogP) is 2.38. The number of ether oxygens (including phenoxy) is 1. The third kappa shape index (κ3) is 5.25. The number of aliphatic hydroxyl groups is 1. The molecule has 1 aromatic rings. The molecule has 1 unspecified atom stereocenters. The number of carbonyl (C=O) groups excluding carboxylic acids is 1. The fraction of sp³-hybridized carbons (Fsp3) is 0.706. The van der Waals surface area contributed by atoms with Crippen molar-refractivity contribution < 1.29 is 19.1 Å². The van der Waals surface area contributed by atoms with Gasteiger partial charge in [-0.3, -0.25) is 0 Å². The smallest absolute Gasteiger partial charge is 0.315 e. The molecule has 0 bridgehead atoms. The summed E-state index contributed by atoms with van der Waals surface area (Å²) in [7, 11) is 1.60. The van der Waals surface area contributed by atoms with Crippen LogP contribution in [0.4, 0.5) is 4.79 Å². The number of urea groups is 1. The lowest BCUT2D eigenvalue weighted by atomic mass is 9.87. The minimum Gasteiger partial charge on any atom is -0.464 e. The van der Waals surface area contributed by atoms with E-state index in [0.717, 1.165) is 37.9 Å². The van der Waals surface area contributed by atoms with Crippen molar-refractivity contribution >= 4 is 6.03 Å². The predicted molar refractivity (Wildman–Crippen MR) is 87.2 cm³/mol. The highest BCUT2D eigenvalue weighted by Gasteiger charge is 2.24. The minimum absolute atomic E-state index is 0.170. The van der Waals surface area contributed by atoms with Gasteiger partial charge < -0.3 is 24.9 Å². The van der Waals surface area contributed by atoms with Gasteiger partial charge in [-0.1, -0.05) is 6.92 Å². The second kappa shape index (κ2) is 8.93.